The number of hydrogen-bond donors (Lipinski definition) is 1. The Morgan fingerprint density at radius 1 is 1.10 bits per heavy atom. The molecule has 1 N–H and O–H groups in total. The number of hydrogen-bond acceptors (Lipinski definition) is 5. The number of para-hydroxylation sites is 1. The molecular weight excluding hydrogens is 398 g/mol. The summed E-state index contributed by atoms with van der Waals surface area (Å²) in [6.07, 6.45) is 1.03. The van der Waals surface area contributed by atoms with E-state index in [1.807, 2.05) is 0 Å². The van der Waals surface area contributed by atoms with Gasteiger partial charge in [0.2, 0.25) is 0 Å². The van der Waals surface area contributed by atoms with Crippen molar-refractivity contribution in [2.24, 2.45) is 0 Å². The van der Waals surface area contributed by atoms with E-state index in [1.165, 1.54) is 29.5 Å². The van der Waals surface area contributed by atoms with Crippen LogP contribution in [0, 0.1) is 6.92 Å². The normalized spacial score (nSPS) is 12.3. The number of benzene rings is 1. The van der Waals surface area contributed by atoms with Gasteiger partial charge in [0.15, 0.2) is 9.84 Å². The van der Waals surface area contributed by atoms with Crippen molar-refractivity contribution < 1.29 is 16.8 Å². The van der Waals surface area contributed by atoms with E-state index in [2.05, 4.69) is 20.7 Å². The standard InChI is InChI=1S/C12H12BrNO4S3/c1-8-11(7-12(13)19-8)21(17,18)14-9-5-3-4-6-10(9)20(2,15)16/h3-7,14H,1-2H3. The van der Waals surface area contributed by atoms with Crippen LogP contribution in [0.1, 0.15) is 4.88 Å². The SMILES string of the molecule is Cc1sc(Br)cc1S(=O)(=O)Nc1ccccc1S(C)(=O)=O. The molecule has 5 nitrogen and oxygen atoms in total. The van der Waals surface area contributed by atoms with Crippen molar-refractivity contribution in [3.8, 4) is 0 Å². The average Bonchev–Trinajstić information content (AvgIpc) is 2.68. The van der Waals surface area contributed by atoms with Gasteiger partial charge in [-0.3, -0.25) is 4.72 Å². The van der Waals surface area contributed by atoms with Crippen molar-refractivity contribution >= 4 is 52.8 Å². The Balaban J connectivity index is 2.50. The van der Waals surface area contributed by atoms with Crippen molar-refractivity contribution in [2.75, 3.05) is 11.0 Å². The van der Waals surface area contributed by atoms with Gasteiger partial charge in [-0.15, -0.1) is 11.3 Å². The fraction of sp³-hybridized carbons (Fsp3) is 0.167. The minimum atomic E-state index is -3.84. The summed E-state index contributed by atoms with van der Waals surface area (Å²) in [7, 11) is -7.37. The predicted octanol–water partition coefficient (Wildman–Crippen LogP) is 3.02. The third-order valence-electron chi connectivity index (χ3n) is 2.66. The molecule has 1 aromatic heterocycles. The molecule has 0 saturated heterocycles. The van der Waals surface area contributed by atoms with E-state index in [-0.39, 0.29) is 15.5 Å². The zero-order chi connectivity index (χ0) is 15.8. The number of rotatable bonds is 4. The van der Waals surface area contributed by atoms with Crippen LogP contribution in [0.25, 0.3) is 0 Å². The molecule has 0 fully saturated rings. The zero-order valence-electron chi connectivity index (χ0n) is 11.1. The fourth-order valence-electron chi connectivity index (χ4n) is 1.77. The van der Waals surface area contributed by atoms with Gasteiger partial charge >= 0.3 is 0 Å². The summed E-state index contributed by atoms with van der Waals surface area (Å²) in [5.74, 6) is 0. The summed E-state index contributed by atoms with van der Waals surface area (Å²) in [5.41, 5.74) is 0.0433. The van der Waals surface area contributed by atoms with Gasteiger partial charge in [-0.05, 0) is 41.1 Å². The summed E-state index contributed by atoms with van der Waals surface area (Å²) in [6, 6.07) is 7.39. The van der Waals surface area contributed by atoms with E-state index in [9.17, 15) is 16.8 Å². The first-order valence-electron chi connectivity index (χ1n) is 5.69. The molecule has 0 radical (unpaired) electrons. The van der Waals surface area contributed by atoms with Crippen LogP contribution in [0.5, 0.6) is 0 Å². The maximum atomic E-state index is 12.4. The molecular formula is C12H12BrNO4S3. The minimum Gasteiger partial charge on any atom is -0.278 e. The third-order valence-corrected chi connectivity index (χ3v) is 6.99. The number of aryl methyl sites for hydroxylation is 1. The van der Waals surface area contributed by atoms with Crippen molar-refractivity contribution in [3.05, 3.63) is 39.0 Å². The first-order chi connectivity index (χ1) is 9.61. The molecule has 0 aliphatic heterocycles. The maximum absolute atomic E-state index is 12.4. The van der Waals surface area contributed by atoms with Crippen molar-refractivity contribution in [3.63, 3.8) is 0 Å². The number of anilines is 1. The lowest BCUT2D eigenvalue weighted by atomic mass is 10.3. The van der Waals surface area contributed by atoms with Crippen molar-refractivity contribution in [1.29, 1.82) is 0 Å². The minimum absolute atomic E-state index is 0.0433. The summed E-state index contributed by atoms with van der Waals surface area (Å²) >= 11 is 4.53. The Bertz CT molecular complexity index is 885. The van der Waals surface area contributed by atoms with Crippen molar-refractivity contribution in [1.82, 2.24) is 0 Å². The molecule has 114 valence electrons. The highest BCUT2D eigenvalue weighted by Crippen LogP contribution is 2.31. The molecule has 0 aliphatic rings. The highest BCUT2D eigenvalue weighted by atomic mass is 79.9. The van der Waals surface area contributed by atoms with E-state index in [0.717, 1.165) is 6.26 Å². The van der Waals surface area contributed by atoms with Crippen LogP contribution in [0.3, 0.4) is 0 Å². The van der Waals surface area contributed by atoms with Crippen LogP contribution in [-0.2, 0) is 19.9 Å². The zero-order valence-corrected chi connectivity index (χ0v) is 15.2. The van der Waals surface area contributed by atoms with Crippen LogP contribution in [-0.4, -0.2) is 23.1 Å². The highest BCUT2D eigenvalue weighted by molar-refractivity contribution is 9.11. The molecule has 1 heterocycles. The number of sulfone groups is 1. The number of nitrogens with one attached hydrogen (secondary N) is 1. The third kappa shape index (κ3) is 3.65. The Morgan fingerprint density at radius 3 is 2.24 bits per heavy atom. The van der Waals surface area contributed by atoms with Gasteiger partial charge in [0.05, 0.1) is 14.4 Å². The first kappa shape index (κ1) is 16.5. The second kappa shape index (κ2) is 5.71. The largest absolute Gasteiger partial charge is 0.278 e. The quantitative estimate of drug-likeness (QED) is 0.840. The second-order valence-electron chi connectivity index (χ2n) is 4.34. The molecule has 21 heavy (non-hydrogen) atoms. The smallest absolute Gasteiger partial charge is 0.263 e. The second-order valence-corrected chi connectivity index (χ2v) is 10.6. The number of thiophene rings is 1. The van der Waals surface area contributed by atoms with Gasteiger partial charge in [-0.25, -0.2) is 16.8 Å². The average molecular weight is 410 g/mol. The van der Waals surface area contributed by atoms with E-state index < -0.39 is 19.9 Å². The fourth-order valence-corrected chi connectivity index (χ4v) is 6.18. The molecule has 1 aromatic carbocycles. The van der Waals surface area contributed by atoms with Gasteiger partial charge in [0.25, 0.3) is 10.0 Å². The molecule has 0 amide bonds. The molecule has 9 heteroatoms. The predicted molar refractivity (Wildman–Crippen MR) is 87.1 cm³/mol. The molecule has 0 spiro atoms. The summed E-state index contributed by atoms with van der Waals surface area (Å²) in [4.78, 5) is 0.689. The van der Waals surface area contributed by atoms with Crippen LogP contribution < -0.4 is 4.72 Å². The maximum Gasteiger partial charge on any atom is 0.263 e. The Hall–Kier alpha value is -0.900. The lowest BCUT2D eigenvalue weighted by Crippen LogP contribution is -2.15. The Morgan fingerprint density at radius 2 is 1.71 bits per heavy atom. The van der Waals surface area contributed by atoms with Gasteiger partial charge in [0.1, 0.15) is 4.90 Å². The molecule has 0 bridgehead atoms. The van der Waals surface area contributed by atoms with Crippen LogP contribution in [0.4, 0.5) is 5.69 Å². The van der Waals surface area contributed by atoms with E-state index in [0.29, 0.717) is 8.66 Å². The number of halogens is 1. The van der Waals surface area contributed by atoms with Crippen LogP contribution in [0.15, 0.2) is 43.9 Å². The van der Waals surface area contributed by atoms with E-state index in [4.69, 9.17) is 0 Å². The lowest BCUT2D eigenvalue weighted by Gasteiger charge is -2.11. The van der Waals surface area contributed by atoms with E-state index >= 15 is 0 Å². The van der Waals surface area contributed by atoms with Gasteiger partial charge < -0.3 is 0 Å². The molecule has 2 aromatic rings. The molecule has 0 atom stereocenters. The van der Waals surface area contributed by atoms with Crippen LogP contribution >= 0.6 is 27.3 Å². The Kier molecular flexibility index (Phi) is 4.48. The van der Waals surface area contributed by atoms with Crippen molar-refractivity contribution in [2.45, 2.75) is 16.7 Å². The number of sulfonamides is 1. The van der Waals surface area contributed by atoms with Gasteiger partial charge in [0, 0.05) is 11.1 Å². The Labute approximate surface area is 136 Å². The van der Waals surface area contributed by atoms with Crippen LogP contribution in [0.2, 0.25) is 0 Å². The van der Waals surface area contributed by atoms with Gasteiger partial charge in [-0.2, -0.15) is 0 Å². The highest BCUT2D eigenvalue weighted by Gasteiger charge is 2.22. The first-order valence-corrected chi connectivity index (χ1v) is 10.7. The topological polar surface area (TPSA) is 80.3 Å². The molecule has 0 saturated carbocycles. The summed E-state index contributed by atoms with van der Waals surface area (Å²) in [6.45, 7) is 1.69. The molecule has 2 rings (SSSR count). The summed E-state index contributed by atoms with van der Waals surface area (Å²) < 4.78 is 51.2. The van der Waals surface area contributed by atoms with E-state index in [1.54, 1.807) is 19.1 Å². The summed E-state index contributed by atoms with van der Waals surface area (Å²) in [5, 5.41) is 0. The molecule has 0 unspecified atom stereocenters. The van der Waals surface area contributed by atoms with Gasteiger partial charge in [-0.1, -0.05) is 12.1 Å². The lowest BCUT2D eigenvalue weighted by molar-refractivity contribution is 0.601. The monoisotopic (exact) mass is 409 g/mol. The molecule has 0 aliphatic carbocycles.